The number of ether oxygens (including phenoxy) is 2. The first-order valence-electron chi connectivity index (χ1n) is 6.08. The summed E-state index contributed by atoms with van der Waals surface area (Å²) in [6.45, 7) is 8.74. The molecule has 1 rings (SSSR count). The van der Waals surface area contributed by atoms with Crippen molar-refractivity contribution in [1.29, 1.82) is 0 Å². The van der Waals surface area contributed by atoms with Gasteiger partial charge >= 0.3 is 5.97 Å². The normalized spacial score (nSPS) is 12.6. The first-order valence-corrected chi connectivity index (χ1v) is 6.08. The van der Waals surface area contributed by atoms with Gasteiger partial charge in [-0.05, 0) is 38.5 Å². The highest BCUT2D eigenvalue weighted by molar-refractivity contribution is 5.75. The number of rotatable bonds is 5. The summed E-state index contributed by atoms with van der Waals surface area (Å²) in [5, 5.41) is 9.63. The number of hydrogen-bond donors (Lipinski definition) is 1. The van der Waals surface area contributed by atoms with Crippen LogP contribution in [0.25, 0.3) is 6.08 Å². The van der Waals surface area contributed by atoms with E-state index in [1.807, 2.05) is 12.1 Å². The molecule has 104 valence electrons. The highest BCUT2D eigenvalue weighted by Crippen LogP contribution is 2.14. The SMILES string of the molecule is C=Cc1ccc(OCC(O)C(=O)OC(C)(C)C)cc1. The lowest BCUT2D eigenvalue weighted by molar-refractivity contribution is -0.166. The van der Waals surface area contributed by atoms with Crippen LogP contribution in [0.5, 0.6) is 5.75 Å². The maximum atomic E-state index is 11.5. The fourth-order valence-electron chi connectivity index (χ4n) is 1.31. The highest BCUT2D eigenvalue weighted by Gasteiger charge is 2.23. The maximum absolute atomic E-state index is 11.5. The predicted molar refractivity (Wildman–Crippen MR) is 73.9 cm³/mol. The molecule has 1 aromatic carbocycles. The van der Waals surface area contributed by atoms with Crippen LogP contribution in [0.4, 0.5) is 0 Å². The molecule has 1 aromatic rings. The first kappa shape index (κ1) is 15.2. The van der Waals surface area contributed by atoms with Crippen molar-refractivity contribution in [3.63, 3.8) is 0 Å². The Morgan fingerprint density at radius 1 is 1.37 bits per heavy atom. The Hall–Kier alpha value is -1.81. The van der Waals surface area contributed by atoms with Crippen LogP contribution in [0, 0.1) is 0 Å². The van der Waals surface area contributed by atoms with Crippen LogP contribution < -0.4 is 4.74 Å². The smallest absolute Gasteiger partial charge is 0.339 e. The Bertz CT molecular complexity index is 428. The summed E-state index contributed by atoms with van der Waals surface area (Å²) in [6.07, 6.45) is 0.428. The Balaban J connectivity index is 2.46. The van der Waals surface area contributed by atoms with Crippen molar-refractivity contribution in [3.8, 4) is 5.75 Å². The average molecular weight is 264 g/mol. The summed E-state index contributed by atoms with van der Waals surface area (Å²) in [6, 6.07) is 7.17. The third-order valence-electron chi connectivity index (χ3n) is 2.20. The van der Waals surface area contributed by atoms with Gasteiger partial charge in [0.2, 0.25) is 0 Å². The van der Waals surface area contributed by atoms with Gasteiger partial charge in [0.1, 0.15) is 18.0 Å². The van der Waals surface area contributed by atoms with Gasteiger partial charge in [-0.2, -0.15) is 0 Å². The summed E-state index contributed by atoms with van der Waals surface area (Å²) in [4.78, 5) is 11.5. The molecule has 0 spiro atoms. The molecule has 0 bridgehead atoms. The Labute approximate surface area is 113 Å². The van der Waals surface area contributed by atoms with Crippen molar-refractivity contribution in [3.05, 3.63) is 36.4 Å². The second kappa shape index (κ2) is 6.38. The van der Waals surface area contributed by atoms with Crippen molar-refractivity contribution >= 4 is 12.0 Å². The lowest BCUT2D eigenvalue weighted by atomic mass is 10.2. The van der Waals surface area contributed by atoms with Gasteiger partial charge < -0.3 is 14.6 Å². The van der Waals surface area contributed by atoms with Crippen molar-refractivity contribution in [1.82, 2.24) is 0 Å². The van der Waals surface area contributed by atoms with Gasteiger partial charge in [-0.1, -0.05) is 24.8 Å². The third-order valence-corrected chi connectivity index (χ3v) is 2.20. The van der Waals surface area contributed by atoms with Crippen molar-refractivity contribution in [2.24, 2.45) is 0 Å². The van der Waals surface area contributed by atoms with Crippen LogP contribution in [0.15, 0.2) is 30.8 Å². The van der Waals surface area contributed by atoms with Crippen LogP contribution in [0.2, 0.25) is 0 Å². The van der Waals surface area contributed by atoms with E-state index in [9.17, 15) is 9.90 Å². The molecule has 0 aliphatic heterocycles. The molecule has 0 heterocycles. The molecule has 0 radical (unpaired) electrons. The van der Waals surface area contributed by atoms with E-state index >= 15 is 0 Å². The monoisotopic (exact) mass is 264 g/mol. The summed E-state index contributed by atoms with van der Waals surface area (Å²) in [5.41, 5.74) is 0.351. The topological polar surface area (TPSA) is 55.8 Å². The molecule has 19 heavy (non-hydrogen) atoms. The molecule has 0 aliphatic carbocycles. The Kier molecular flexibility index (Phi) is 5.12. The van der Waals surface area contributed by atoms with E-state index in [1.165, 1.54) is 0 Å². The van der Waals surface area contributed by atoms with E-state index in [4.69, 9.17) is 9.47 Å². The number of hydrogen-bond acceptors (Lipinski definition) is 4. The van der Waals surface area contributed by atoms with Gasteiger partial charge in [-0.15, -0.1) is 0 Å². The molecule has 1 atom stereocenters. The molecular formula is C15H20O4. The lowest BCUT2D eigenvalue weighted by Gasteiger charge is -2.21. The Morgan fingerprint density at radius 2 is 1.95 bits per heavy atom. The molecule has 0 saturated carbocycles. The third kappa shape index (κ3) is 5.57. The zero-order valence-electron chi connectivity index (χ0n) is 11.6. The summed E-state index contributed by atoms with van der Waals surface area (Å²) in [5.74, 6) is -0.108. The molecule has 4 nitrogen and oxygen atoms in total. The molecule has 1 unspecified atom stereocenters. The molecular weight excluding hydrogens is 244 g/mol. The van der Waals surface area contributed by atoms with Gasteiger partial charge in [0.05, 0.1) is 0 Å². The van der Waals surface area contributed by atoms with Crippen LogP contribution in [-0.2, 0) is 9.53 Å². The minimum Gasteiger partial charge on any atom is -0.490 e. The molecule has 0 saturated heterocycles. The Morgan fingerprint density at radius 3 is 2.42 bits per heavy atom. The number of aliphatic hydroxyl groups excluding tert-OH is 1. The van der Waals surface area contributed by atoms with Crippen LogP contribution in [0.3, 0.4) is 0 Å². The highest BCUT2D eigenvalue weighted by atomic mass is 16.6. The van der Waals surface area contributed by atoms with Crippen LogP contribution in [-0.4, -0.2) is 29.4 Å². The molecule has 0 amide bonds. The predicted octanol–water partition coefficient (Wildman–Crippen LogP) is 2.41. The van der Waals surface area contributed by atoms with Gasteiger partial charge in [-0.25, -0.2) is 4.79 Å². The standard InChI is InChI=1S/C15H20O4/c1-5-11-6-8-12(9-7-11)18-10-13(16)14(17)19-15(2,3)4/h5-9,13,16H,1,10H2,2-4H3. The number of esters is 1. The molecule has 0 aromatic heterocycles. The van der Waals surface area contributed by atoms with E-state index in [0.717, 1.165) is 5.56 Å². The maximum Gasteiger partial charge on any atom is 0.339 e. The fraction of sp³-hybridized carbons (Fsp3) is 0.400. The van der Waals surface area contributed by atoms with Gasteiger partial charge in [0.15, 0.2) is 6.10 Å². The number of carbonyl (C=O) groups is 1. The summed E-state index contributed by atoms with van der Waals surface area (Å²) >= 11 is 0. The summed E-state index contributed by atoms with van der Waals surface area (Å²) < 4.78 is 10.4. The van der Waals surface area contributed by atoms with E-state index in [0.29, 0.717) is 5.75 Å². The molecule has 4 heteroatoms. The zero-order chi connectivity index (χ0) is 14.5. The second-order valence-electron chi connectivity index (χ2n) is 5.13. The summed E-state index contributed by atoms with van der Waals surface area (Å²) in [7, 11) is 0. The average Bonchev–Trinajstić information content (AvgIpc) is 2.34. The second-order valence-corrected chi connectivity index (χ2v) is 5.13. The molecule has 0 fully saturated rings. The van der Waals surface area contributed by atoms with Crippen molar-refractivity contribution in [2.45, 2.75) is 32.5 Å². The quantitative estimate of drug-likeness (QED) is 0.830. The van der Waals surface area contributed by atoms with Gasteiger partial charge in [-0.3, -0.25) is 0 Å². The van der Waals surface area contributed by atoms with Gasteiger partial charge in [0, 0.05) is 0 Å². The van der Waals surface area contributed by atoms with E-state index < -0.39 is 17.7 Å². The van der Waals surface area contributed by atoms with E-state index in [-0.39, 0.29) is 6.61 Å². The van der Waals surface area contributed by atoms with E-state index in [2.05, 4.69) is 6.58 Å². The number of benzene rings is 1. The zero-order valence-corrected chi connectivity index (χ0v) is 11.6. The molecule has 1 N–H and O–H groups in total. The van der Waals surface area contributed by atoms with Crippen LogP contribution in [0.1, 0.15) is 26.3 Å². The minimum absolute atomic E-state index is 0.137. The minimum atomic E-state index is -1.29. The largest absolute Gasteiger partial charge is 0.490 e. The van der Waals surface area contributed by atoms with Crippen molar-refractivity contribution in [2.75, 3.05) is 6.61 Å². The van der Waals surface area contributed by atoms with Gasteiger partial charge in [0.25, 0.3) is 0 Å². The van der Waals surface area contributed by atoms with E-state index in [1.54, 1.807) is 39.0 Å². The number of aliphatic hydroxyl groups is 1. The van der Waals surface area contributed by atoms with Crippen LogP contribution >= 0.6 is 0 Å². The molecule has 0 aliphatic rings. The lowest BCUT2D eigenvalue weighted by Crippen LogP contribution is -2.35. The number of carbonyl (C=O) groups excluding carboxylic acids is 1. The first-order chi connectivity index (χ1) is 8.81. The fourth-order valence-corrected chi connectivity index (χ4v) is 1.31. The van der Waals surface area contributed by atoms with Crippen molar-refractivity contribution < 1.29 is 19.4 Å².